The van der Waals surface area contributed by atoms with Crippen molar-refractivity contribution in [1.29, 1.82) is 0 Å². The molecular formula is C14H22N4O2. The van der Waals surface area contributed by atoms with E-state index in [1.165, 1.54) is 31.7 Å². The van der Waals surface area contributed by atoms with Crippen LogP contribution in [-0.2, 0) is 6.54 Å². The molecule has 1 fully saturated rings. The maximum atomic E-state index is 11.0. The Bertz CT molecular complexity index is 478. The maximum absolute atomic E-state index is 11.0. The summed E-state index contributed by atoms with van der Waals surface area (Å²) in [6.45, 7) is 3.95. The molecule has 1 aliphatic rings. The normalized spacial score (nSPS) is 20.4. The molecule has 110 valence electrons. The lowest BCUT2D eigenvalue weighted by Crippen LogP contribution is -2.32. The van der Waals surface area contributed by atoms with Crippen molar-refractivity contribution >= 4 is 11.4 Å². The molecular weight excluding hydrogens is 256 g/mol. The van der Waals surface area contributed by atoms with E-state index < -0.39 is 4.92 Å². The molecule has 0 aromatic heterocycles. The van der Waals surface area contributed by atoms with Gasteiger partial charge in [0.2, 0.25) is 0 Å². The number of benzene rings is 1. The van der Waals surface area contributed by atoms with E-state index in [1.54, 1.807) is 6.07 Å². The monoisotopic (exact) mass is 278 g/mol. The van der Waals surface area contributed by atoms with Gasteiger partial charge in [-0.3, -0.25) is 20.9 Å². The predicted molar refractivity (Wildman–Crippen MR) is 79.2 cm³/mol. The van der Waals surface area contributed by atoms with Crippen LogP contribution in [0.15, 0.2) is 18.2 Å². The average molecular weight is 278 g/mol. The second-order valence-corrected chi connectivity index (χ2v) is 5.38. The summed E-state index contributed by atoms with van der Waals surface area (Å²) in [7, 11) is 0. The Kier molecular flexibility index (Phi) is 4.92. The van der Waals surface area contributed by atoms with Gasteiger partial charge in [0.15, 0.2) is 0 Å². The Morgan fingerprint density at radius 1 is 1.45 bits per heavy atom. The zero-order valence-electron chi connectivity index (χ0n) is 11.8. The van der Waals surface area contributed by atoms with Crippen molar-refractivity contribution in [3.05, 3.63) is 33.9 Å². The van der Waals surface area contributed by atoms with Crippen molar-refractivity contribution in [3.8, 4) is 0 Å². The smallest absolute Gasteiger partial charge is 0.293 e. The van der Waals surface area contributed by atoms with Crippen LogP contribution in [0, 0.1) is 10.1 Å². The molecule has 0 radical (unpaired) electrons. The number of para-hydroxylation sites is 1. The molecule has 1 unspecified atom stereocenters. The lowest BCUT2D eigenvalue weighted by atomic mass is 10.1. The zero-order chi connectivity index (χ0) is 14.5. The van der Waals surface area contributed by atoms with Gasteiger partial charge in [-0.2, -0.15) is 0 Å². The molecule has 0 aliphatic carbocycles. The van der Waals surface area contributed by atoms with Crippen LogP contribution in [-0.4, -0.2) is 22.4 Å². The predicted octanol–water partition coefficient (Wildman–Crippen LogP) is 2.64. The van der Waals surface area contributed by atoms with Crippen LogP contribution >= 0.6 is 0 Å². The molecule has 20 heavy (non-hydrogen) atoms. The molecule has 6 heteroatoms. The van der Waals surface area contributed by atoms with Crippen molar-refractivity contribution in [2.45, 2.75) is 45.2 Å². The van der Waals surface area contributed by atoms with Crippen LogP contribution < -0.4 is 11.3 Å². The molecule has 1 aromatic rings. The molecule has 6 nitrogen and oxygen atoms in total. The van der Waals surface area contributed by atoms with Crippen LogP contribution in [0.25, 0.3) is 0 Å². The van der Waals surface area contributed by atoms with Crippen molar-refractivity contribution in [2.75, 3.05) is 12.0 Å². The number of nitrogens with two attached hydrogens (primary N) is 1. The fraction of sp³-hybridized carbons (Fsp3) is 0.571. The molecule has 0 bridgehead atoms. The van der Waals surface area contributed by atoms with E-state index in [9.17, 15) is 10.1 Å². The minimum atomic E-state index is -0.398. The van der Waals surface area contributed by atoms with Crippen LogP contribution in [0.5, 0.6) is 0 Å². The maximum Gasteiger partial charge on any atom is 0.293 e. The molecule has 0 saturated carbocycles. The van der Waals surface area contributed by atoms with Gasteiger partial charge in [-0.15, -0.1) is 0 Å². The Morgan fingerprint density at radius 2 is 2.25 bits per heavy atom. The van der Waals surface area contributed by atoms with Gasteiger partial charge in [-0.05, 0) is 31.9 Å². The van der Waals surface area contributed by atoms with Gasteiger partial charge >= 0.3 is 0 Å². The minimum Gasteiger partial charge on any atom is -0.318 e. The molecule has 0 amide bonds. The van der Waals surface area contributed by atoms with Gasteiger partial charge in [0.25, 0.3) is 5.69 Å². The number of rotatable bonds is 4. The van der Waals surface area contributed by atoms with Gasteiger partial charge in [0.1, 0.15) is 5.69 Å². The van der Waals surface area contributed by atoms with Crippen LogP contribution in [0.3, 0.4) is 0 Å². The molecule has 1 heterocycles. The number of likely N-dealkylation sites (tertiary alicyclic amines) is 1. The highest BCUT2D eigenvalue weighted by Gasteiger charge is 2.21. The first-order valence-corrected chi connectivity index (χ1v) is 7.10. The quantitative estimate of drug-likeness (QED) is 0.502. The van der Waals surface area contributed by atoms with Gasteiger partial charge < -0.3 is 5.43 Å². The van der Waals surface area contributed by atoms with E-state index in [2.05, 4.69) is 17.2 Å². The fourth-order valence-electron chi connectivity index (χ4n) is 2.83. The summed E-state index contributed by atoms with van der Waals surface area (Å²) in [6.07, 6.45) is 4.89. The van der Waals surface area contributed by atoms with E-state index in [0.717, 1.165) is 12.1 Å². The minimum absolute atomic E-state index is 0.0347. The highest BCUT2D eigenvalue weighted by atomic mass is 16.6. The molecule has 2 rings (SSSR count). The van der Waals surface area contributed by atoms with Gasteiger partial charge in [-0.1, -0.05) is 25.0 Å². The number of hydrazine groups is 1. The summed E-state index contributed by atoms with van der Waals surface area (Å²) in [5, 5.41) is 11.0. The average Bonchev–Trinajstić information content (AvgIpc) is 2.64. The third-order valence-corrected chi connectivity index (χ3v) is 4.03. The van der Waals surface area contributed by atoms with Crippen molar-refractivity contribution in [3.63, 3.8) is 0 Å². The summed E-state index contributed by atoms with van der Waals surface area (Å²) in [4.78, 5) is 13.0. The number of anilines is 1. The Hall–Kier alpha value is -1.66. The second kappa shape index (κ2) is 6.67. The topological polar surface area (TPSA) is 84.4 Å². The molecule has 1 atom stereocenters. The second-order valence-electron chi connectivity index (χ2n) is 5.38. The number of nitro groups is 1. The molecule has 1 aromatic carbocycles. The summed E-state index contributed by atoms with van der Waals surface area (Å²) in [5.74, 6) is 5.49. The Balaban J connectivity index is 2.23. The van der Waals surface area contributed by atoms with E-state index in [4.69, 9.17) is 5.84 Å². The number of hydrogen-bond donors (Lipinski definition) is 2. The fourth-order valence-corrected chi connectivity index (χ4v) is 2.83. The summed E-state index contributed by atoms with van der Waals surface area (Å²) < 4.78 is 0. The molecule has 0 spiro atoms. The van der Waals surface area contributed by atoms with Gasteiger partial charge in [-0.25, -0.2) is 0 Å². The SMILES string of the molecule is CC1CCCCCN1Cc1cccc([N+](=O)[O-])c1NN. The summed E-state index contributed by atoms with van der Waals surface area (Å²) in [5.41, 5.74) is 3.84. The molecule has 3 N–H and O–H groups in total. The zero-order valence-corrected chi connectivity index (χ0v) is 11.8. The van der Waals surface area contributed by atoms with E-state index in [0.29, 0.717) is 18.3 Å². The first-order valence-electron chi connectivity index (χ1n) is 7.10. The van der Waals surface area contributed by atoms with Crippen molar-refractivity contribution in [1.82, 2.24) is 4.90 Å². The highest BCUT2D eigenvalue weighted by molar-refractivity contribution is 5.65. The lowest BCUT2D eigenvalue weighted by molar-refractivity contribution is -0.384. The third kappa shape index (κ3) is 3.26. The highest BCUT2D eigenvalue weighted by Crippen LogP contribution is 2.29. The van der Waals surface area contributed by atoms with Gasteiger partial charge in [0, 0.05) is 18.7 Å². The summed E-state index contributed by atoms with van der Waals surface area (Å²) in [6, 6.07) is 5.60. The van der Waals surface area contributed by atoms with Gasteiger partial charge in [0.05, 0.1) is 4.92 Å². The van der Waals surface area contributed by atoms with E-state index in [-0.39, 0.29) is 5.69 Å². The Labute approximate surface area is 119 Å². The van der Waals surface area contributed by atoms with Crippen LogP contribution in [0.1, 0.15) is 38.2 Å². The lowest BCUT2D eigenvalue weighted by Gasteiger charge is -2.27. The standard InChI is InChI=1S/C14H22N4O2/c1-11-6-3-2-4-9-17(11)10-12-7-5-8-13(18(19)20)14(12)16-15/h5,7-8,11,16H,2-4,6,9-10,15H2,1H3. The number of nitro benzene ring substituents is 1. The van der Waals surface area contributed by atoms with E-state index >= 15 is 0 Å². The largest absolute Gasteiger partial charge is 0.318 e. The number of nitrogens with zero attached hydrogens (tertiary/aromatic N) is 2. The van der Waals surface area contributed by atoms with Crippen LogP contribution in [0.4, 0.5) is 11.4 Å². The van der Waals surface area contributed by atoms with Crippen molar-refractivity contribution in [2.24, 2.45) is 5.84 Å². The Morgan fingerprint density at radius 3 is 2.95 bits per heavy atom. The first-order chi connectivity index (χ1) is 9.63. The first kappa shape index (κ1) is 14.7. The van der Waals surface area contributed by atoms with Crippen LogP contribution in [0.2, 0.25) is 0 Å². The van der Waals surface area contributed by atoms with E-state index in [1.807, 2.05) is 6.07 Å². The third-order valence-electron chi connectivity index (χ3n) is 4.03. The number of hydrogen-bond acceptors (Lipinski definition) is 5. The molecule has 1 aliphatic heterocycles. The van der Waals surface area contributed by atoms with Crippen molar-refractivity contribution < 1.29 is 4.92 Å². The number of nitrogens with one attached hydrogen (secondary N) is 1. The number of nitrogen functional groups attached to an aromatic ring is 1. The summed E-state index contributed by atoms with van der Waals surface area (Å²) >= 11 is 0. The molecule has 1 saturated heterocycles.